The number of carbonyl (C=O) groups is 3. The fourth-order valence-electron chi connectivity index (χ4n) is 3.15. The quantitative estimate of drug-likeness (QED) is 0.581. The van der Waals surface area contributed by atoms with Gasteiger partial charge in [0.1, 0.15) is 11.5 Å². The number of allylic oxidation sites excluding steroid dienone is 2. The molecule has 0 aromatic heterocycles. The molecule has 1 aliphatic carbocycles. The lowest BCUT2D eigenvalue weighted by molar-refractivity contribution is -0.112. The van der Waals surface area contributed by atoms with E-state index in [1.54, 1.807) is 0 Å². The van der Waals surface area contributed by atoms with Crippen molar-refractivity contribution in [2.75, 3.05) is 0 Å². The van der Waals surface area contributed by atoms with Gasteiger partial charge in [0.2, 0.25) is 0 Å². The second-order valence-electron chi connectivity index (χ2n) is 6.68. The van der Waals surface area contributed by atoms with Crippen molar-refractivity contribution < 1.29 is 34.8 Å². The van der Waals surface area contributed by atoms with Gasteiger partial charge in [0.25, 0.3) is 0 Å². The fourth-order valence-corrected chi connectivity index (χ4v) is 3.15. The van der Waals surface area contributed by atoms with Crippen molar-refractivity contribution in [2.45, 2.75) is 19.3 Å². The number of hydrogen-bond acceptors (Lipinski definition) is 5. The average molecular weight is 394 g/mol. The van der Waals surface area contributed by atoms with Gasteiger partial charge in [0, 0.05) is 22.3 Å². The molecule has 0 unspecified atom stereocenters. The largest absolute Gasteiger partial charge is 0.507 e. The molecule has 2 aromatic carbocycles. The zero-order valence-corrected chi connectivity index (χ0v) is 15.3. The number of carboxylic acid groups (broad SMARTS) is 2. The van der Waals surface area contributed by atoms with Gasteiger partial charge in [0.15, 0.2) is 5.78 Å². The van der Waals surface area contributed by atoms with Crippen LogP contribution in [0.25, 0.3) is 12.2 Å². The average Bonchev–Trinajstić information content (AvgIpc) is 2.67. The van der Waals surface area contributed by atoms with Gasteiger partial charge in [-0.3, -0.25) is 4.79 Å². The van der Waals surface area contributed by atoms with Crippen LogP contribution in [0.2, 0.25) is 0 Å². The van der Waals surface area contributed by atoms with Crippen molar-refractivity contribution in [1.82, 2.24) is 0 Å². The minimum absolute atomic E-state index is 0.0551. The second kappa shape index (κ2) is 8.02. The molecular weight excluding hydrogens is 376 g/mol. The minimum atomic E-state index is -1.16. The molecule has 0 bridgehead atoms. The third kappa shape index (κ3) is 4.35. The van der Waals surface area contributed by atoms with Crippen molar-refractivity contribution in [2.24, 2.45) is 0 Å². The molecule has 0 radical (unpaired) electrons. The predicted molar refractivity (Wildman–Crippen MR) is 105 cm³/mol. The first-order chi connectivity index (χ1) is 13.8. The summed E-state index contributed by atoms with van der Waals surface area (Å²) in [5.41, 5.74) is 1.49. The van der Waals surface area contributed by atoms with E-state index < -0.39 is 11.9 Å². The first kappa shape index (κ1) is 19.9. The van der Waals surface area contributed by atoms with E-state index in [1.165, 1.54) is 36.4 Å². The number of Topliss-reactive ketones (excluding diaryl/α,β-unsaturated/α-hetero) is 1. The molecule has 7 heteroatoms. The standard InChI is InChI=1S/C22H18O7/c23-18-10-16(21(26)27)6-4-12(18)8-14-2-1-3-15(20(14)25)9-13-5-7-17(22(28)29)11-19(13)24/h4-11,23-24H,1-3H2,(H,26,27)(H,28,29). The number of carboxylic acids is 2. The topological polar surface area (TPSA) is 132 Å². The van der Waals surface area contributed by atoms with E-state index >= 15 is 0 Å². The Morgan fingerprint density at radius 3 is 1.52 bits per heavy atom. The highest BCUT2D eigenvalue weighted by molar-refractivity contribution is 6.14. The van der Waals surface area contributed by atoms with Crippen molar-refractivity contribution >= 4 is 29.9 Å². The summed E-state index contributed by atoms with van der Waals surface area (Å²) < 4.78 is 0. The monoisotopic (exact) mass is 394 g/mol. The number of carbonyl (C=O) groups excluding carboxylic acids is 1. The third-order valence-electron chi connectivity index (χ3n) is 4.69. The van der Waals surface area contributed by atoms with Gasteiger partial charge in [0.05, 0.1) is 11.1 Å². The smallest absolute Gasteiger partial charge is 0.335 e. The first-order valence-electron chi connectivity index (χ1n) is 8.84. The minimum Gasteiger partial charge on any atom is -0.507 e. The van der Waals surface area contributed by atoms with E-state index in [9.17, 15) is 24.6 Å². The Morgan fingerprint density at radius 2 is 1.17 bits per heavy atom. The summed E-state index contributed by atoms with van der Waals surface area (Å²) in [4.78, 5) is 34.8. The van der Waals surface area contributed by atoms with Gasteiger partial charge >= 0.3 is 11.9 Å². The van der Waals surface area contributed by atoms with Crippen LogP contribution in [0.3, 0.4) is 0 Å². The van der Waals surface area contributed by atoms with Gasteiger partial charge in [-0.1, -0.05) is 12.1 Å². The highest BCUT2D eigenvalue weighted by atomic mass is 16.4. The summed E-state index contributed by atoms with van der Waals surface area (Å²) >= 11 is 0. The molecule has 0 atom stereocenters. The van der Waals surface area contributed by atoms with Crippen LogP contribution in [0.1, 0.15) is 51.1 Å². The Bertz CT molecular complexity index is 993. The SMILES string of the molecule is O=C1C(=Cc2ccc(C(=O)O)cc2O)CCCC1=Cc1ccc(C(=O)O)cc1O. The molecule has 1 aliphatic rings. The molecule has 7 nitrogen and oxygen atoms in total. The van der Waals surface area contributed by atoms with Gasteiger partial charge in [-0.15, -0.1) is 0 Å². The number of rotatable bonds is 4. The summed E-state index contributed by atoms with van der Waals surface area (Å²) in [5.74, 6) is -3.02. The summed E-state index contributed by atoms with van der Waals surface area (Å²) in [6, 6.07) is 7.82. The van der Waals surface area contributed by atoms with E-state index in [1.807, 2.05) is 0 Å². The van der Waals surface area contributed by atoms with Crippen LogP contribution in [0.4, 0.5) is 0 Å². The number of benzene rings is 2. The van der Waals surface area contributed by atoms with Crippen molar-refractivity contribution in [3.63, 3.8) is 0 Å². The Hall–Kier alpha value is -3.87. The van der Waals surface area contributed by atoms with Crippen LogP contribution in [0.15, 0.2) is 47.5 Å². The van der Waals surface area contributed by atoms with Crippen LogP contribution in [0.5, 0.6) is 11.5 Å². The highest BCUT2D eigenvalue weighted by Crippen LogP contribution is 2.31. The molecule has 29 heavy (non-hydrogen) atoms. The molecule has 0 aliphatic heterocycles. The molecule has 1 saturated carbocycles. The van der Waals surface area contributed by atoms with Crippen LogP contribution in [-0.2, 0) is 4.79 Å². The fraction of sp³-hybridized carbons (Fsp3) is 0.136. The molecule has 0 saturated heterocycles. The summed E-state index contributed by atoms with van der Waals surface area (Å²) in [5, 5.41) is 38.0. The summed E-state index contributed by atoms with van der Waals surface area (Å²) in [7, 11) is 0. The summed E-state index contributed by atoms with van der Waals surface area (Å²) in [6.45, 7) is 0. The first-order valence-corrected chi connectivity index (χ1v) is 8.84. The number of ketones is 1. The van der Waals surface area contributed by atoms with Crippen LogP contribution < -0.4 is 0 Å². The normalized spacial score (nSPS) is 16.9. The molecule has 0 amide bonds. The lowest BCUT2D eigenvalue weighted by Gasteiger charge is -2.17. The van der Waals surface area contributed by atoms with Crippen LogP contribution in [-0.4, -0.2) is 38.1 Å². The van der Waals surface area contributed by atoms with Crippen molar-refractivity contribution in [1.29, 1.82) is 0 Å². The number of phenolic OH excluding ortho intramolecular Hbond substituents is 2. The second-order valence-corrected chi connectivity index (χ2v) is 6.68. The van der Waals surface area contributed by atoms with E-state index in [-0.39, 0.29) is 28.4 Å². The van der Waals surface area contributed by atoms with Gasteiger partial charge in [-0.25, -0.2) is 9.59 Å². The lowest BCUT2D eigenvalue weighted by atomic mass is 9.86. The molecule has 1 fully saturated rings. The number of hydrogen-bond donors (Lipinski definition) is 4. The molecule has 148 valence electrons. The Balaban J connectivity index is 1.91. The maximum Gasteiger partial charge on any atom is 0.335 e. The van der Waals surface area contributed by atoms with Crippen molar-refractivity contribution in [3.8, 4) is 11.5 Å². The zero-order valence-electron chi connectivity index (χ0n) is 15.3. The van der Waals surface area contributed by atoms with Gasteiger partial charge in [-0.2, -0.15) is 0 Å². The number of phenols is 2. The number of aromatic carboxylic acids is 2. The molecular formula is C22H18O7. The molecule has 4 N–H and O–H groups in total. The molecule has 2 aromatic rings. The molecule has 3 rings (SSSR count). The zero-order chi connectivity index (χ0) is 21.1. The Morgan fingerprint density at radius 1 is 0.759 bits per heavy atom. The van der Waals surface area contributed by atoms with E-state index in [2.05, 4.69) is 0 Å². The maximum atomic E-state index is 12.8. The highest BCUT2D eigenvalue weighted by Gasteiger charge is 2.21. The Kier molecular flexibility index (Phi) is 5.50. The van der Waals surface area contributed by atoms with Gasteiger partial charge < -0.3 is 20.4 Å². The molecule has 0 heterocycles. The van der Waals surface area contributed by atoms with Crippen LogP contribution >= 0.6 is 0 Å². The molecule has 0 spiro atoms. The third-order valence-corrected chi connectivity index (χ3v) is 4.69. The van der Waals surface area contributed by atoms with E-state index in [0.717, 1.165) is 12.1 Å². The van der Waals surface area contributed by atoms with E-state index in [4.69, 9.17) is 10.2 Å². The lowest BCUT2D eigenvalue weighted by Crippen LogP contribution is -2.12. The summed E-state index contributed by atoms with van der Waals surface area (Å²) in [6.07, 6.45) is 4.75. The van der Waals surface area contributed by atoms with Gasteiger partial charge in [-0.05, 0) is 55.7 Å². The number of aromatic hydroxyl groups is 2. The predicted octanol–water partition coefficient (Wildman–Crippen LogP) is 3.71. The van der Waals surface area contributed by atoms with Crippen molar-refractivity contribution in [3.05, 3.63) is 69.8 Å². The van der Waals surface area contributed by atoms with E-state index in [0.29, 0.717) is 41.5 Å². The van der Waals surface area contributed by atoms with Crippen LogP contribution in [0, 0.1) is 0 Å². The maximum absolute atomic E-state index is 12.8. The Labute approximate surface area is 165 Å².